The Morgan fingerprint density at radius 3 is 1.90 bits per heavy atom. The van der Waals surface area contributed by atoms with E-state index in [0.717, 1.165) is 17.1 Å². The van der Waals surface area contributed by atoms with Crippen molar-refractivity contribution < 1.29 is 14.3 Å². The molecule has 0 spiro atoms. The lowest BCUT2D eigenvalue weighted by Gasteiger charge is -2.04. The van der Waals surface area contributed by atoms with Crippen molar-refractivity contribution in [2.45, 2.75) is 5.75 Å². The molecule has 0 saturated heterocycles. The number of thioether (sulfide) groups is 1. The Morgan fingerprint density at radius 1 is 0.900 bits per heavy atom. The molecule has 0 unspecified atom stereocenters. The van der Waals surface area contributed by atoms with Crippen molar-refractivity contribution in [1.29, 1.82) is 0 Å². The molecule has 0 aliphatic carbocycles. The predicted octanol–water partition coefficient (Wildman–Crippen LogP) is 3.78. The molecule has 0 amide bonds. The second kappa shape index (κ2) is 7.01. The molecule has 0 fully saturated rings. The molecular formula is C16H16O3S. The molecule has 20 heavy (non-hydrogen) atoms. The summed E-state index contributed by atoms with van der Waals surface area (Å²) in [6.07, 6.45) is 0. The maximum Gasteiger partial charge on any atom is 0.219 e. The molecule has 0 atom stereocenters. The van der Waals surface area contributed by atoms with Gasteiger partial charge in [-0.1, -0.05) is 23.9 Å². The van der Waals surface area contributed by atoms with Crippen LogP contribution in [0.25, 0.3) is 0 Å². The van der Waals surface area contributed by atoms with Crippen LogP contribution in [-0.2, 0) is 5.75 Å². The summed E-state index contributed by atoms with van der Waals surface area (Å²) in [6.45, 7) is 0. The second-order valence-electron chi connectivity index (χ2n) is 4.15. The molecule has 0 aliphatic rings. The molecule has 0 heterocycles. The Labute approximate surface area is 122 Å². The summed E-state index contributed by atoms with van der Waals surface area (Å²) >= 11 is 1.29. The van der Waals surface area contributed by atoms with Crippen LogP contribution in [-0.4, -0.2) is 19.3 Å². The minimum atomic E-state index is 0.0588. The maximum atomic E-state index is 12.0. The Bertz CT molecular complexity index is 561. The summed E-state index contributed by atoms with van der Waals surface area (Å²) in [5, 5.41) is 0.0588. The number of methoxy groups -OCH3 is 2. The van der Waals surface area contributed by atoms with Gasteiger partial charge in [0.1, 0.15) is 11.5 Å². The van der Waals surface area contributed by atoms with E-state index in [0.29, 0.717) is 11.3 Å². The molecular weight excluding hydrogens is 272 g/mol. The third-order valence-electron chi connectivity index (χ3n) is 2.85. The van der Waals surface area contributed by atoms with Crippen molar-refractivity contribution in [3.8, 4) is 11.5 Å². The smallest absolute Gasteiger partial charge is 0.219 e. The minimum absolute atomic E-state index is 0.0588. The van der Waals surface area contributed by atoms with E-state index in [4.69, 9.17) is 9.47 Å². The van der Waals surface area contributed by atoms with Gasteiger partial charge in [-0.25, -0.2) is 0 Å². The Hall–Kier alpha value is -1.94. The summed E-state index contributed by atoms with van der Waals surface area (Å²) < 4.78 is 10.2. The van der Waals surface area contributed by atoms with Crippen molar-refractivity contribution in [3.05, 3.63) is 59.7 Å². The van der Waals surface area contributed by atoms with Crippen LogP contribution >= 0.6 is 11.8 Å². The lowest BCUT2D eigenvalue weighted by Crippen LogP contribution is -1.94. The highest BCUT2D eigenvalue weighted by Crippen LogP contribution is 2.21. The van der Waals surface area contributed by atoms with E-state index >= 15 is 0 Å². The van der Waals surface area contributed by atoms with Crippen LogP contribution < -0.4 is 9.47 Å². The Morgan fingerprint density at radius 2 is 1.40 bits per heavy atom. The zero-order valence-corrected chi connectivity index (χ0v) is 12.3. The second-order valence-corrected chi connectivity index (χ2v) is 5.10. The van der Waals surface area contributed by atoms with Gasteiger partial charge < -0.3 is 9.47 Å². The van der Waals surface area contributed by atoms with E-state index in [1.807, 2.05) is 24.3 Å². The number of ether oxygens (including phenoxy) is 2. The fraction of sp³-hybridized carbons (Fsp3) is 0.188. The number of hydrogen-bond acceptors (Lipinski definition) is 4. The van der Waals surface area contributed by atoms with Crippen LogP contribution in [0.2, 0.25) is 0 Å². The first kappa shape index (κ1) is 14.5. The highest BCUT2D eigenvalue weighted by atomic mass is 32.2. The lowest BCUT2D eigenvalue weighted by atomic mass is 10.2. The molecule has 3 nitrogen and oxygen atoms in total. The first-order chi connectivity index (χ1) is 9.72. The molecule has 2 aromatic rings. The van der Waals surface area contributed by atoms with Gasteiger partial charge in [-0.05, 0) is 42.0 Å². The van der Waals surface area contributed by atoms with Gasteiger partial charge in [0.15, 0.2) is 0 Å². The van der Waals surface area contributed by atoms with E-state index in [9.17, 15) is 4.79 Å². The van der Waals surface area contributed by atoms with Crippen LogP contribution in [0.3, 0.4) is 0 Å². The zero-order chi connectivity index (χ0) is 14.4. The Kier molecular flexibility index (Phi) is 5.07. The molecule has 0 bridgehead atoms. The predicted molar refractivity (Wildman–Crippen MR) is 81.6 cm³/mol. The SMILES string of the molecule is COc1ccc(CSC(=O)c2ccc(OC)cc2)cc1. The fourth-order valence-electron chi connectivity index (χ4n) is 1.68. The summed E-state index contributed by atoms with van der Waals surface area (Å²) in [7, 11) is 3.24. The largest absolute Gasteiger partial charge is 0.497 e. The highest BCUT2D eigenvalue weighted by molar-refractivity contribution is 8.13. The average molecular weight is 288 g/mol. The van der Waals surface area contributed by atoms with E-state index < -0.39 is 0 Å². The molecule has 0 radical (unpaired) electrons. The lowest BCUT2D eigenvalue weighted by molar-refractivity contribution is 0.108. The molecule has 104 valence electrons. The molecule has 0 aliphatic heterocycles. The first-order valence-corrected chi connectivity index (χ1v) is 7.15. The normalized spacial score (nSPS) is 10.1. The molecule has 0 N–H and O–H groups in total. The molecule has 2 aromatic carbocycles. The van der Waals surface area contributed by atoms with E-state index in [-0.39, 0.29) is 5.12 Å². The minimum Gasteiger partial charge on any atom is -0.497 e. The van der Waals surface area contributed by atoms with Gasteiger partial charge >= 0.3 is 0 Å². The summed E-state index contributed by atoms with van der Waals surface area (Å²) in [5.41, 5.74) is 1.78. The van der Waals surface area contributed by atoms with Gasteiger partial charge in [0.2, 0.25) is 5.12 Å². The van der Waals surface area contributed by atoms with Crippen molar-refractivity contribution in [2.24, 2.45) is 0 Å². The molecule has 0 aromatic heterocycles. The number of carbonyl (C=O) groups is 1. The van der Waals surface area contributed by atoms with Gasteiger partial charge in [-0.2, -0.15) is 0 Å². The van der Waals surface area contributed by atoms with Crippen LogP contribution in [0.15, 0.2) is 48.5 Å². The van der Waals surface area contributed by atoms with Crippen molar-refractivity contribution in [3.63, 3.8) is 0 Å². The van der Waals surface area contributed by atoms with Gasteiger partial charge in [0, 0.05) is 11.3 Å². The first-order valence-electron chi connectivity index (χ1n) is 6.17. The number of carbonyl (C=O) groups excluding carboxylic acids is 1. The fourth-order valence-corrected chi connectivity index (χ4v) is 2.47. The third kappa shape index (κ3) is 3.78. The quantitative estimate of drug-likeness (QED) is 0.839. The van der Waals surface area contributed by atoms with Crippen molar-refractivity contribution in [1.82, 2.24) is 0 Å². The van der Waals surface area contributed by atoms with Crippen LogP contribution in [0.4, 0.5) is 0 Å². The molecule has 2 rings (SSSR count). The zero-order valence-electron chi connectivity index (χ0n) is 11.5. The maximum absolute atomic E-state index is 12.0. The average Bonchev–Trinajstić information content (AvgIpc) is 2.53. The van der Waals surface area contributed by atoms with E-state index in [2.05, 4.69) is 0 Å². The van der Waals surface area contributed by atoms with Crippen LogP contribution in [0.1, 0.15) is 15.9 Å². The standard InChI is InChI=1S/C16H16O3S/c1-18-14-7-3-12(4-8-14)11-20-16(17)13-5-9-15(19-2)10-6-13/h3-10H,11H2,1-2H3. The van der Waals surface area contributed by atoms with E-state index in [1.165, 1.54) is 11.8 Å². The number of benzene rings is 2. The van der Waals surface area contributed by atoms with E-state index in [1.54, 1.807) is 38.5 Å². The van der Waals surface area contributed by atoms with Gasteiger partial charge in [0.25, 0.3) is 0 Å². The van der Waals surface area contributed by atoms with Gasteiger partial charge in [0.05, 0.1) is 14.2 Å². The van der Waals surface area contributed by atoms with Crippen LogP contribution in [0.5, 0.6) is 11.5 Å². The number of rotatable bonds is 5. The summed E-state index contributed by atoms with van der Waals surface area (Å²) in [6, 6.07) is 14.9. The third-order valence-corrected chi connectivity index (χ3v) is 3.83. The number of hydrogen-bond donors (Lipinski definition) is 0. The molecule has 4 heteroatoms. The highest BCUT2D eigenvalue weighted by Gasteiger charge is 2.07. The Balaban J connectivity index is 1.93. The van der Waals surface area contributed by atoms with Gasteiger partial charge in [-0.3, -0.25) is 4.79 Å². The monoisotopic (exact) mass is 288 g/mol. The van der Waals surface area contributed by atoms with Gasteiger partial charge in [-0.15, -0.1) is 0 Å². The van der Waals surface area contributed by atoms with Crippen LogP contribution in [0, 0.1) is 0 Å². The molecule has 0 saturated carbocycles. The summed E-state index contributed by atoms with van der Waals surface area (Å²) in [4.78, 5) is 12.0. The summed E-state index contributed by atoms with van der Waals surface area (Å²) in [5.74, 6) is 2.22. The van der Waals surface area contributed by atoms with Crippen molar-refractivity contribution in [2.75, 3.05) is 14.2 Å². The van der Waals surface area contributed by atoms with Crippen molar-refractivity contribution >= 4 is 16.9 Å². The topological polar surface area (TPSA) is 35.5 Å².